The molecule has 0 spiro atoms. The van der Waals surface area contributed by atoms with Gasteiger partial charge in [0.15, 0.2) is 0 Å². The van der Waals surface area contributed by atoms with Crippen molar-refractivity contribution in [3.05, 3.63) is 0 Å². The van der Waals surface area contributed by atoms with Crippen molar-refractivity contribution in [3.8, 4) is 0 Å². The van der Waals surface area contributed by atoms with Crippen molar-refractivity contribution in [2.75, 3.05) is 13.1 Å². The zero-order chi connectivity index (χ0) is 4.95. The van der Waals surface area contributed by atoms with E-state index in [4.69, 9.17) is 0 Å². The Hall–Kier alpha value is 0.540. The Morgan fingerprint density at radius 2 is 1.11 bits per heavy atom. The number of rotatable bonds is 0. The van der Waals surface area contributed by atoms with Crippen molar-refractivity contribution in [2.45, 2.75) is 25.7 Å². The monoisotopic (exact) mass is 171 g/mol. The van der Waals surface area contributed by atoms with Crippen LogP contribution in [0.1, 0.15) is 25.7 Å². The predicted octanol–water partition coefficient (Wildman–Crippen LogP) is 1.99. The van der Waals surface area contributed by atoms with Crippen LogP contribution in [0.4, 0.5) is 0 Å². The molecule has 58 valence electrons. The van der Waals surface area contributed by atoms with Crippen LogP contribution < -0.4 is 5.32 Å². The summed E-state index contributed by atoms with van der Waals surface area (Å²) in [6, 6.07) is 0. The van der Waals surface area contributed by atoms with Gasteiger partial charge in [0.05, 0.1) is 0 Å². The maximum Gasteiger partial charge on any atom is -0.00489 e. The molecule has 0 aromatic rings. The van der Waals surface area contributed by atoms with E-state index in [0.29, 0.717) is 0 Å². The minimum Gasteiger partial charge on any atom is -0.317 e. The second-order valence-electron chi connectivity index (χ2n) is 2.16. The maximum atomic E-state index is 3.35. The van der Waals surface area contributed by atoms with Gasteiger partial charge < -0.3 is 5.32 Å². The summed E-state index contributed by atoms with van der Waals surface area (Å²) in [5.41, 5.74) is 0. The summed E-state index contributed by atoms with van der Waals surface area (Å²) in [6.07, 6.45) is 5.65. The van der Waals surface area contributed by atoms with Crippen LogP contribution >= 0.6 is 24.8 Å². The molecule has 0 amide bonds. The van der Waals surface area contributed by atoms with Crippen LogP contribution in [0.25, 0.3) is 0 Å². The van der Waals surface area contributed by atoms with Gasteiger partial charge >= 0.3 is 0 Å². The summed E-state index contributed by atoms with van der Waals surface area (Å²) in [5.74, 6) is 0. The van der Waals surface area contributed by atoms with Gasteiger partial charge in [-0.25, -0.2) is 0 Å². The van der Waals surface area contributed by atoms with E-state index < -0.39 is 0 Å². The van der Waals surface area contributed by atoms with E-state index in [0.717, 1.165) is 0 Å². The van der Waals surface area contributed by atoms with E-state index >= 15 is 0 Å². The smallest absolute Gasteiger partial charge is 0.00489 e. The van der Waals surface area contributed by atoms with Gasteiger partial charge in [-0.3, -0.25) is 0 Å². The van der Waals surface area contributed by atoms with Crippen molar-refractivity contribution in [3.63, 3.8) is 0 Å². The molecule has 0 aromatic carbocycles. The summed E-state index contributed by atoms with van der Waals surface area (Å²) in [5, 5.41) is 3.35. The quantitative estimate of drug-likeness (QED) is 0.589. The fourth-order valence-corrected chi connectivity index (χ4v) is 0.979. The normalized spacial score (nSPS) is 18.7. The Morgan fingerprint density at radius 3 is 1.56 bits per heavy atom. The molecule has 1 heterocycles. The highest BCUT2D eigenvalue weighted by Gasteiger charge is 1.94. The summed E-state index contributed by atoms with van der Waals surface area (Å²) >= 11 is 0. The van der Waals surface area contributed by atoms with E-state index in [-0.39, 0.29) is 24.8 Å². The van der Waals surface area contributed by atoms with Crippen LogP contribution in [0.5, 0.6) is 0 Å². The lowest BCUT2D eigenvalue weighted by atomic mass is 10.2. The molecule has 9 heavy (non-hydrogen) atoms. The van der Waals surface area contributed by atoms with Gasteiger partial charge in [-0.05, 0) is 25.9 Å². The third kappa shape index (κ3) is 6.42. The molecule has 1 saturated heterocycles. The molecule has 0 aliphatic carbocycles. The van der Waals surface area contributed by atoms with Crippen molar-refractivity contribution in [2.24, 2.45) is 0 Å². The minimum absolute atomic E-state index is 0. The van der Waals surface area contributed by atoms with Crippen molar-refractivity contribution < 1.29 is 0 Å². The van der Waals surface area contributed by atoms with Crippen LogP contribution in [-0.2, 0) is 0 Å². The molecule has 1 aliphatic heterocycles. The van der Waals surface area contributed by atoms with Crippen LogP contribution in [0, 0.1) is 0 Å². The average Bonchev–Trinajstić information content (AvgIpc) is 1.90. The summed E-state index contributed by atoms with van der Waals surface area (Å²) in [7, 11) is 0. The molecular weight excluding hydrogens is 157 g/mol. The molecule has 1 fully saturated rings. The number of halogens is 2. The largest absolute Gasteiger partial charge is 0.317 e. The molecule has 1 N–H and O–H groups in total. The number of hydrogen-bond acceptors (Lipinski definition) is 1. The van der Waals surface area contributed by atoms with Gasteiger partial charge in [-0.1, -0.05) is 12.8 Å². The van der Waals surface area contributed by atoms with Gasteiger partial charge in [0.25, 0.3) is 0 Å². The zero-order valence-electron chi connectivity index (χ0n) is 5.56. The van der Waals surface area contributed by atoms with E-state index in [1.54, 1.807) is 0 Å². The summed E-state index contributed by atoms with van der Waals surface area (Å²) in [4.78, 5) is 0. The SMILES string of the molecule is C1CCCNCC1.Cl.Cl. The Bertz CT molecular complexity index is 30.7. The first-order valence-corrected chi connectivity index (χ1v) is 3.21. The molecule has 1 rings (SSSR count). The predicted molar refractivity (Wildman–Crippen MR) is 45.8 cm³/mol. The third-order valence-electron chi connectivity index (χ3n) is 1.46. The second-order valence-corrected chi connectivity index (χ2v) is 2.16. The van der Waals surface area contributed by atoms with Crippen LogP contribution in [-0.4, -0.2) is 13.1 Å². The lowest BCUT2D eigenvalue weighted by molar-refractivity contribution is 0.702. The van der Waals surface area contributed by atoms with Crippen molar-refractivity contribution >= 4 is 24.8 Å². The molecule has 1 aliphatic rings. The van der Waals surface area contributed by atoms with Gasteiger partial charge in [-0.2, -0.15) is 0 Å². The standard InChI is InChI=1S/C6H13N.2ClH/c1-2-4-6-7-5-3-1;;/h7H,1-6H2;2*1H. The van der Waals surface area contributed by atoms with Crippen molar-refractivity contribution in [1.82, 2.24) is 5.32 Å². The van der Waals surface area contributed by atoms with E-state index in [9.17, 15) is 0 Å². The van der Waals surface area contributed by atoms with Gasteiger partial charge in [-0.15, -0.1) is 24.8 Å². The van der Waals surface area contributed by atoms with Crippen molar-refractivity contribution in [1.29, 1.82) is 0 Å². The van der Waals surface area contributed by atoms with Crippen LogP contribution in [0.3, 0.4) is 0 Å². The minimum atomic E-state index is 0. The van der Waals surface area contributed by atoms with Crippen LogP contribution in [0.15, 0.2) is 0 Å². The Morgan fingerprint density at radius 1 is 0.667 bits per heavy atom. The molecule has 0 radical (unpaired) electrons. The fourth-order valence-electron chi connectivity index (χ4n) is 0.979. The molecule has 1 nitrogen and oxygen atoms in total. The molecular formula is C6H15Cl2N. The number of hydrogen-bond donors (Lipinski definition) is 1. The number of nitrogens with one attached hydrogen (secondary N) is 1. The molecule has 3 heteroatoms. The summed E-state index contributed by atoms with van der Waals surface area (Å²) < 4.78 is 0. The Kier molecular flexibility index (Phi) is 11.6. The molecule has 0 aromatic heterocycles. The molecule has 0 atom stereocenters. The Labute approximate surface area is 69.4 Å². The lowest BCUT2D eigenvalue weighted by Crippen LogP contribution is -2.12. The lowest BCUT2D eigenvalue weighted by Gasteiger charge is -1.91. The first kappa shape index (κ1) is 12.2. The zero-order valence-corrected chi connectivity index (χ0v) is 7.19. The highest BCUT2D eigenvalue weighted by atomic mass is 35.5. The molecule has 0 saturated carbocycles. The molecule has 0 unspecified atom stereocenters. The second kappa shape index (κ2) is 8.54. The van der Waals surface area contributed by atoms with Crippen LogP contribution in [0.2, 0.25) is 0 Å². The first-order chi connectivity index (χ1) is 3.50. The van der Waals surface area contributed by atoms with E-state index in [2.05, 4.69) is 5.32 Å². The van der Waals surface area contributed by atoms with Gasteiger partial charge in [0.2, 0.25) is 0 Å². The van der Waals surface area contributed by atoms with Gasteiger partial charge in [0, 0.05) is 0 Å². The highest BCUT2D eigenvalue weighted by Crippen LogP contribution is 2.00. The first-order valence-electron chi connectivity index (χ1n) is 3.21. The fraction of sp³-hybridized carbons (Fsp3) is 1.00. The van der Waals surface area contributed by atoms with E-state index in [1.807, 2.05) is 0 Å². The summed E-state index contributed by atoms with van der Waals surface area (Å²) in [6.45, 7) is 2.50. The average molecular weight is 172 g/mol. The molecule has 0 bridgehead atoms. The Balaban J connectivity index is 0. The third-order valence-corrected chi connectivity index (χ3v) is 1.46. The van der Waals surface area contributed by atoms with E-state index in [1.165, 1.54) is 38.8 Å². The highest BCUT2D eigenvalue weighted by molar-refractivity contribution is 5.85. The van der Waals surface area contributed by atoms with Gasteiger partial charge in [0.1, 0.15) is 0 Å². The topological polar surface area (TPSA) is 12.0 Å². The maximum absolute atomic E-state index is 3.35.